The maximum atomic E-state index is 3.95. The van der Waals surface area contributed by atoms with Gasteiger partial charge in [0.25, 0.3) is 0 Å². The van der Waals surface area contributed by atoms with Crippen molar-refractivity contribution >= 4 is 8.96 Å². The molecule has 0 saturated heterocycles. The molecule has 0 aliphatic rings. The predicted octanol–water partition coefficient (Wildman–Crippen LogP) is 2.47. The minimum Gasteiger partial charge on any atom is -0.339 e. The van der Waals surface area contributed by atoms with Gasteiger partial charge in [-0.25, -0.2) is 0 Å². The molecular weight excluding hydrogens is 162 g/mol. The first-order valence-corrected chi connectivity index (χ1v) is 6.79. The summed E-state index contributed by atoms with van der Waals surface area (Å²) >= 11 is 0. The Bertz CT molecular complexity index is 147. The second-order valence-corrected chi connectivity index (χ2v) is 6.20. The van der Waals surface area contributed by atoms with Crippen LogP contribution in [0.1, 0.15) is 20.8 Å². The number of allylic oxidation sites excluding steroid dienone is 2. The molecule has 0 aromatic heterocycles. The highest BCUT2D eigenvalue weighted by atomic mass is 28.3. The van der Waals surface area contributed by atoms with Gasteiger partial charge < -0.3 is 4.98 Å². The van der Waals surface area contributed by atoms with Gasteiger partial charge in [0.15, 0.2) is 0 Å². The summed E-state index contributed by atoms with van der Waals surface area (Å²) in [5.74, 6) is 0. The van der Waals surface area contributed by atoms with Crippen molar-refractivity contribution in [2.24, 2.45) is 0 Å². The molecule has 12 heavy (non-hydrogen) atoms. The van der Waals surface area contributed by atoms with Crippen LogP contribution in [0, 0.1) is 0 Å². The average Bonchev–Trinajstić information content (AvgIpc) is 1.84. The Kier molecular flexibility index (Phi) is 6.03. The molecule has 70 valence electrons. The average molecular weight is 183 g/mol. The lowest BCUT2D eigenvalue weighted by molar-refractivity contribution is 0.966. The zero-order valence-corrected chi connectivity index (χ0v) is 9.77. The van der Waals surface area contributed by atoms with E-state index < -0.39 is 8.96 Å². The largest absolute Gasteiger partial charge is 0.339 e. The first kappa shape index (κ1) is 11.7. The monoisotopic (exact) mass is 183 g/mol. The van der Waals surface area contributed by atoms with E-state index in [1.807, 2.05) is 0 Å². The van der Waals surface area contributed by atoms with Gasteiger partial charge in [-0.15, -0.1) is 13.2 Å². The fourth-order valence-electron chi connectivity index (χ4n) is 1.35. The molecule has 0 aliphatic heterocycles. The summed E-state index contributed by atoms with van der Waals surface area (Å²) in [6.07, 6.45) is 0. The summed E-state index contributed by atoms with van der Waals surface area (Å²) in [5.41, 5.74) is 2.60. The third-order valence-corrected chi connectivity index (χ3v) is 5.05. The van der Waals surface area contributed by atoms with Crippen molar-refractivity contribution in [1.82, 2.24) is 4.98 Å². The van der Waals surface area contributed by atoms with Gasteiger partial charge in [-0.3, -0.25) is 0 Å². The molecule has 0 radical (unpaired) electrons. The molecule has 0 rings (SSSR count). The summed E-state index contributed by atoms with van der Waals surface area (Å²) in [6.45, 7) is 15.4. The van der Waals surface area contributed by atoms with E-state index in [0.29, 0.717) is 0 Å². The number of nitrogens with one attached hydrogen (secondary N) is 1. The summed E-state index contributed by atoms with van der Waals surface area (Å²) in [5, 5.41) is 0. The molecule has 0 amide bonds. The molecule has 0 atom stereocenters. The van der Waals surface area contributed by atoms with Crippen molar-refractivity contribution in [2.45, 2.75) is 32.9 Å². The van der Waals surface area contributed by atoms with Crippen LogP contribution in [0.4, 0.5) is 0 Å². The molecule has 0 bridgehead atoms. The highest BCUT2D eigenvalue weighted by Crippen LogP contribution is 2.09. The zero-order valence-electron chi connectivity index (χ0n) is 8.61. The Morgan fingerprint density at radius 1 is 1.17 bits per heavy atom. The van der Waals surface area contributed by atoms with Gasteiger partial charge in [0.2, 0.25) is 0 Å². The van der Waals surface area contributed by atoms with E-state index in [2.05, 4.69) is 38.9 Å². The molecule has 0 fully saturated rings. The highest BCUT2D eigenvalue weighted by molar-refractivity contribution is 6.57. The van der Waals surface area contributed by atoms with Crippen molar-refractivity contribution in [1.29, 1.82) is 0 Å². The summed E-state index contributed by atoms with van der Waals surface area (Å²) < 4.78 is 0. The lowest BCUT2D eigenvalue weighted by Gasteiger charge is -2.15. The maximum Gasteiger partial charge on any atom is 0.116 e. The summed E-state index contributed by atoms with van der Waals surface area (Å²) in [6, 6.07) is 2.39. The minimum absolute atomic E-state index is 0.799. The molecule has 1 nitrogen and oxygen atoms in total. The van der Waals surface area contributed by atoms with Crippen LogP contribution in [0.2, 0.25) is 12.1 Å². The van der Waals surface area contributed by atoms with Crippen LogP contribution in [0.5, 0.6) is 0 Å². The van der Waals surface area contributed by atoms with Crippen molar-refractivity contribution in [3.63, 3.8) is 0 Å². The van der Waals surface area contributed by atoms with Crippen LogP contribution < -0.4 is 4.98 Å². The molecule has 1 N–H and O–H groups in total. The van der Waals surface area contributed by atoms with E-state index in [-0.39, 0.29) is 0 Å². The second-order valence-electron chi connectivity index (χ2n) is 3.58. The fraction of sp³-hybridized carbons (Fsp3) is 0.600. The molecule has 0 aliphatic carbocycles. The topological polar surface area (TPSA) is 12.0 Å². The van der Waals surface area contributed by atoms with Crippen molar-refractivity contribution in [3.05, 3.63) is 24.3 Å². The van der Waals surface area contributed by atoms with E-state index in [0.717, 1.165) is 6.54 Å². The van der Waals surface area contributed by atoms with Gasteiger partial charge in [0.05, 0.1) is 0 Å². The lowest BCUT2D eigenvalue weighted by atomic mass is 10.4. The van der Waals surface area contributed by atoms with Crippen LogP contribution in [0.15, 0.2) is 24.3 Å². The standard InChI is InChI=1S/C10H21NSi/c1-6-11-12(7-9(2)3)8-10(4)5/h11-12H,2,4,6-8H2,1,3,5H3. The van der Waals surface area contributed by atoms with Crippen molar-refractivity contribution < 1.29 is 0 Å². The first-order valence-electron chi connectivity index (χ1n) is 4.58. The first-order chi connectivity index (χ1) is 5.56. The molecule has 0 unspecified atom stereocenters. The number of hydrogen-bond acceptors (Lipinski definition) is 1. The Morgan fingerprint density at radius 3 is 1.83 bits per heavy atom. The van der Waals surface area contributed by atoms with Crippen molar-refractivity contribution in [2.75, 3.05) is 6.54 Å². The van der Waals surface area contributed by atoms with Gasteiger partial charge in [-0.1, -0.05) is 18.1 Å². The molecule has 0 heterocycles. The van der Waals surface area contributed by atoms with Gasteiger partial charge in [0.1, 0.15) is 8.96 Å². The van der Waals surface area contributed by atoms with E-state index in [9.17, 15) is 0 Å². The SMILES string of the molecule is C=C(C)C[SiH](CC(=C)C)NCC. The van der Waals surface area contributed by atoms with Crippen molar-refractivity contribution in [3.8, 4) is 0 Å². The normalized spacial score (nSPS) is 10.3. The van der Waals surface area contributed by atoms with E-state index in [1.165, 1.54) is 23.2 Å². The molecule has 0 aromatic carbocycles. The van der Waals surface area contributed by atoms with Crippen LogP contribution in [0.3, 0.4) is 0 Å². The van der Waals surface area contributed by atoms with Gasteiger partial charge in [-0.2, -0.15) is 0 Å². The smallest absolute Gasteiger partial charge is 0.116 e. The minimum atomic E-state index is -0.799. The Hall–Kier alpha value is -0.343. The van der Waals surface area contributed by atoms with Crippen LogP contribution in [-0.2, 0) is 0 Å². The highest BCUT2D eigenvalue weighted by Gasteiger charge is 2.08. The lowest BCUT2D eigenvalue weighted by Crippen LogP contribution is -2.33. The van der Waals surface area contributed by atoms with E-state index in [4.69, 9.17) is 0 Å². The molecule has 0 aromatic rings. The fourth-order valence-corrected chi connectivity index (χ4v) is 4.04. The van der Waals surface area contributed by atoms with E-state index in [1.54, 1.807) is 0 Å². The maximum absolute atomic E-state index is 3.95. The van der Waals surface area contributed by atoms with Gasteiger partial charge >= 0.3 is 0 Å². The van der Waals surface area contributed by atoms with Gasteiger partial charge in [0, 0.05) is 0 Å². The van der Waals surface area contributed by atoms with Gasteiger partial charge in [-0.05, 0) is 32.5 Å². The third-order valence-electron chi connectivity index (χ3n) is 1.68. The summed E-state index contributed by atoms with van der Waals surface area (Å²) in [4.78, 5) is 3.56. The molecule has 0 spiro atoms. The Morgan fingerprint density at radius 2 is 1.58 bits per heavy atom. The summed E-state index contributed by atoms with van der Waals surface area (Å²) in [7, 11) is -0.799. The Labute approximate surface area is 78.3 Å². The van der Waals surface area contributed by atoms with Crippen LogP contribution >= 0.6 is 0 Å². The van der Waals surface area contributed by atoms with E-state index >= 15 is 0 Å². The second kappa shape index (κ2) is 6.20. The molecule has 0 saturated carbocycles. The molecule has 2 heteroatoms. The third kappa shape index (κ3) is 6.37. The van der Waals surface area contributed by atoms with Crippen LogP contribution in [-0.4, -0.2) is 15.5 Å². The number of rotatable bonds is 6. The number of hydrogen-bond donors (Lipinski definition) is 1. The Balaban J connectivity index is 3.85. The van der Waals surface area contributed by atoms with Crippen LogP contribution in [0.25, 0.3) is 0 Å². The predicted molar refractivity (Wildman–Crippen MR) is 60.1 cm³/mol. The quantitative estimate of drug-likeness (QED) is 0.493. The zero-order chi connectivity index (χ0) is 9.56. The molecular formula is C10H21NSi.